The van der Waals surface area contributed by atoms with Gasteiger partial charge in [-0.3, -0.25) is 33.7 Å². The molecule has 2 heterocycles. The van der Waals surface area contributed by atoms with Gasteiger partial charge in [-0.15, -0.1) is 0 Å². The van der Waals surface area contributed by atoms with E-state index in [0.29, 0.717) is 0 Å². The maximum absolute atomic E-state index is 13.8. The van der Waals surface area contributed by atoms with Crippen molar-refractivity contribution >= 4 is 57.1 Å². The average Bonchev–Trinajstić information content (AvgIpc) is 3.27. The van der Waals surface area contributed by atoms with Crippen LogP contribution in [0, 0.1) is 0 Å². The van der Waals surface area contributed by atoms with Crippen molar-refractivity contribution in [2.75, 3.05) is 23.9 Å². The fourth-order valence-corrected chi connectivity index (χ4v) is 6.69. The van der Waals surface area contributed by atoms with E-state index < -0.39 is 93.9 Å². The van der Waals surface area contributed by atoms with Crippen molar-refractivity contribution in [3.63, 3.8) is 0 Å². The summed E-state index contributed by atoms with van der Waals surface area (Å²) in [6.07, 6.45) is -8.12. The number of carboxylic acids is 1. The lowest BCUT2D eigenvalue weighted by molar-refractivity contribution is -0.282. The number of aliphatic carboxylic acids is 1. The highest BCUT2D eigenvalue weighted by atomic mass is 32.2. The smallest absolute Gasteiger partial charge is 0.337 e. The highest BCUT2D eigenvalue weighted by Gasteiger charge is 2.55. The second-order valence-electron chi connectivity index (χ2n) is 11.7. The quantitative estimate of drug-likeness (QED) is 0.167. The summed E-state index contributed by atoms with van der Waals surface area (Å²) in [5, 5.41) is 12.5. The molecule has 280 valence electrons. The van der Waals surface area contributed by atoms with Gasteiger partial charge in [0.1, 0.15) is 9.84 Å². The van der Waals surface area contributed by atoms with Crippen molar-refractivity contribution in [2.24, 2.45) is 0 Å². The van der Waals surface area contributed by atoms with Crippen LogP contribution >= 0.6 is 0 Å². The Kier molecular flexibility index (Phi) is 11.9. The van der Waals surface area contributed by atoms with Crippen LogP contribution in [-0.2, 0) is 52.8 Å². The summed E-state index contributed by atoms with van der Waals surface area (Å²) in [5.74, 6) is -7.70. The molecule has 0 aliphatic carbocycles. The van der Waals surface area contributed by atoms with E-state index in [0.717, 1.165) is 31.9 Å². The van der Waals surface area contributed by atoms with Crippen molar-refractivity contribution in [1.82, 2.24) is 4.90 Å². The number of nitrogens with one attached hydrogen (secondary N) is 1. The first-order valence-corrected chi connectivity index (χ1v) is 17.7. The van der Waals surface area contributed by atoms with Gasteiger partial charge in [-0.05, 0) is 36.8 Å². The Bertz CT molecular complexity index is 1910. The number of nitrogens with zero attached hydrogens (tertiary/aromatic N) is 1. The Balaban J connectivity index is 1.80. The van der Waals surface area contributed by atoms with Crippen molar-refractivity contribution in [2.45, 2.75) is 71.4 Å². The Morgan fingerprint density at radius 1 is 0.885 bits per heavy atom. The third-order valence-corrected chi connectivity index (χ3v) is 8.49. The Hall–Kier alpha value is -5.56. The van der Waals surface area contributed by atoms with Gasteiger partial charge in [0.2, 0.25) is 18.3 Å². The molecule has 3 amide bonds. The van der Waals surface area contributed by atoms with Gasteiger partial charge in [0.05, 0.1) is 35.2 Å². The van der Waals surface area contributed by atoms with E-state index in [1.54, 1.807) is 6.92 Å². The molecule has 0 radical (unpaired) electrons. The van der Waals surface area contributed by atoms with E-state index in [1.807, 2.05) is 0 Å². The van der Waals surface area contributed by atoms with Crippen LogP contribution in [0.5, 0.6) is 11.5 Å². The minimum Gasteiger partial charge on any atom is -0.490 e. The van der Waals surface area contributed by atoms with Gasteiger partial charge in [-0.25, -0.2) is 13.2 Å². The van der Waals surface area contributed by atoms with Gasteiger partial charge in [0.25, 0.3) is 11.8 Å². The highest BCUT2D eigenvalue weighted by molar-refractivity contribution is 7.90. The molecular weight excluding hydrogens is 712 g/mol. The predicted molar refractivity (Wildman–Crippen MR) is 175 cm³/mol. The number of anilines is 1. The van der Waals surface area contributed by atoms with E-state index in [-0.39, 0.29) is 40.5 Å². The fraction of sp³-hybridized carbons (Fsp3) is 0.424. The molecule has 0 bridgehead atoms. The first kappa shape index (κ1) is 39.2. The molecule has 19 heteroatoms. The molecule has 6 atom stereocenters. The summed E-state index contributed by atoms with van der Waals surface area (Å²) >= 11 is 0. The third kappa shape index (κ3) is 8.83. The first-order valence-electron chi connectivity index (χ1n) is 15.6. The normalized spacial score (nSPS) is 21.7. The van der Waals surface area contributed by atoms with Crippen LogP contribution in [0.15, 0.2) is 36.4 Å². The number of sulfone groups is 1. The molecular formula is C33H36N2O16S. The van der Waals surface area contributed by atoms with Crippen LogP contribution in [0.3, 0.4) is 0 Å². The summed E-state index contributed by atoms with van der Waals surface area (Å²) in [6.45, 7) is 5.77. The second kappa shape index (κ2) is 15.8. The number of imide groups is 1. The molecule has 2 N–H and O–H groups in total. The largest absolute Gasteiger partial charge is 0.490 e. The molecule has 52 heavy (non-hydrogen) atoms. The van der Waals surface area contributed by atoms with Crippen molar-refractivity contribution in [3.05, 3.63) is 53.1 Å². The Morgan fingerprint density at radius 3 is 2.06 bits per heavy atom. The molecule has 0 unspecified atom stereocenters. The monoisotopic (exact) mass is 748 g/mol. The predicted octanol–water partition coefficient (Wildman–Crippen LogP) is 1.41. The number of carbonyl (C=O) groups excluding carboxylic acids is 6. The lowest BCUT2D eigenvalue weighted by Gasteiger charge is -2.42. The van der Waals surface area contributed by atoms with Crippen molar-refractivity contribution in [1.29, 1.82) is 0 Å². The van der Waals surface area contributed by atoms with E-state index in [4.69, 9.17) is 28.4 Å². The fourth-order valence-electron chi connectivity index (χ4n) is 5.78. The molecule has 0 spiro atoms. The molecule has 0 saturated carbocycles. The van der Waals surface area contributed by atoms with E-state index in [1.165, 1.54) is 43.3 Å². The molecule has 2 aliphatic rings. The minimum atomic E-state index is -3.88. The zero-order chi connectivity index (χ0) is 38.7. The van der Waals surface area contributed by atoms with Crippen LogP contribution in [0.4, 0.5) is 5.69 Å². The maximum atomic E-state index is 13.8. The topological polar surface area (TPSA) is 245 Å². The van der Waals surface area contributed by atoms with Gasteiger partial charge in [0.15, 0.2) is 29.8 Å². The first-order chi connectivity index (χ1) is 24.3. The lowest BCUT2D eigenvalue weighted by Crippen LogP contribution is -2.64. The van der Waals surface area contributed by atoms with Crippen LogP contribution in [-0.4, -0.2) is 109 Å². The van der Waals surface area contributed by atoms with Gasteiger partial charge in [0, 0.05) is 34.0 Å². The number of carbonyl (C=O) groups is 7. The molecule has 2 aromatic carbocycles. The number of carboxylic acid groups (broad SMARTS) is 1. The number of amides is 3. The Morgan fingerprint density at radius 2 is 1.50 bits per heavy atom. The number of esters is 3. The second-order valence-corrected chi connectivity index (χ2v) is 13.9. The van der Waals surface area contributed by atoms with Gasteiger partial charge >= 0.3 is 23.9 Å². The van der Waals surface area contributed by atoms with E-state index in [9.17, 15) is 47.1 Å². The van der Waals surface area contributed by atoms with E-state index in [2.05, 4.69) is 5.32 Å². The third-order valence-electron chi connectivity index (χ3n) is 7.57. The SMILES string of the molecule is CCOc1cc([C@@H](CS(C)(=O)=O)N2C(=O)c3cccc(NC(C)=O)c3C2=O)ccc1O[C@@H]1O[C@H](C(=O)O)[C@@H](OC(C)=O)[C@H](OC(C)=O)[C@H]1OC(C)=O. The van der Waals surface area contributed by atoms with Crippen LogP contribution in [0.1, 0.15) is 66.9 Å². The number of hydrogen-bond acceptors (Lipinski definition) is 15. The number of ether oxygens (including phenoxy) is 6. The highest BCUT2D eigenvalue weighted by Crippen LogP contribution is 2.40. The van der Waals surface area contributed by atoms with Gasteiger partial charge in [-0.1, -0.05) is 12.1 Å². The average molecular weight is 749 g/mol. The minimum absolute atomic E-state index is 0.00903. The Labute approximate surface area is 297 Å². The van der Waals surface area contributed by atoms with Gasteiger partial charge < -0.3 is 38.8 Å². The van der Waals surface area contributed by atoms with Crippen molar-refractivity contribution in [3.8, 4) is 11.5 Å². The summed E-state index contributed by atoms with van der Waals surface area (Å²) < 4.78 is 58.5. The molecule has 0 aromatic heterocycles. The molecule has 1 fully saturated rings. The van der Waals surface area contributed by atoms with Crippen LogP contribution in [0.2, 0.25) is 0 Å². The molecule has 4 rings (SSSR count). The zero-order valence-corrected chi connectivity index (χ0v) is 29.6. The molecule has 2 aromatic rings. The van der Waals surface area contributed by atoms with Gasteiger partial charge in [-0.2, -0.15) is 0 Å². The zero-order valence-electron chi connectivity index (χ0n) is 28.8. The molecule has 1 saturated heterocycles. The summed E-state index contributed by atoms with van der Waals surface area (Å²) in [7, 11) is -3.88. The summed E-state index contributed by atoms with van der Waals surface area (Å²) in [5.41, 5.74) is -0.0400. The van der Waals surface area contributed by atoms with E-state index >= 15 is 0 Å². The van der Waals surface area contributed by atoms with Crippen molar-refractivity contribution < 1.29 is 75.5 Å². The lowest BCUT2D eigenvalue weighted by atomic mass is 9.97. The van der Waals surface area contributed by atoms with Crippen LogP contribution < -0.4 is 14.8 Å². The molecule has 18 nitrogen and oxygen atoms in total. The number of hydrogen-bond donors (Lipinski definition) is 2. The number of rotatable bonds is 13. The molecule has 2 aliphatic heterocycles. The maximum Gasteiger partial charge on any atom is 0.337 e. The summed E-state index contributed by atoms with van der Waals surface area (Å²) in [6, 6.07) is 6.67. The van der Waals surface area contributed by atoms with Crippen LogP contribution in [0.25, 0.3) is 0 Å². The number of fused-ring (bicyclic) bond motifs is 1. The number of benzene rings is 2. The standard InChI is InChI=1S/C33H36N2O16S/c1-7-46-24-13-19(22(14-52(6,44)45)35-30(40)20-9-8-10-21(34-15(2)36)25(20)31(35)41)11-12-23(24)50-33-29(49-18(5)39)27(48-17(4)38)26(47-16(3)37)28(51-33)32(42)43/h8-13,22,26-29,33H,7,14H2,1-6H3,(H,34,36)(H,42,43)/t22-,26+,27+,28+,29-,33-/m1/s1. The summed E-state index contributed by atoms with van der Waals surface area (Å²) in [4.78, 5) is 88.5.